The van der Waals surface area contributed by atoms with E-state index in [-0.39, 0.29) is 18.6 Å². The zero-order chi connectivity index (χ0) is 16.9. The number of halogens is 1. The van der Waals surface area contributed by atoms with Gasteiger partial charge in [-0.15, -0.1) is 0 Å². The third kappa shape index (κ3) is 4.01. The molecule has 0 radical (unpaired) electrons. The molecule has 1 aliphatic carbocycles. The number of pyridine rings is 1. The third-order valence-corrected chi connectivity index (χ3v) is 4.47. The molecule has 0 amide bonds. The van der Waals surface area contributed by atoms with Gasteiger partial charge in [-0.1, -0.05) is 23.7 Å². The first kappa shape index (κ1) is 16.7. The highest BCUT2D eigenvalue weighted by Crippen LogP contribution is 2.30. The Bertz CT molecular complexity index is 722. The van der Waals surface area contributed by atoms with Gasteiger partial charge in [-0.2, -0.15) is 4.98 Å². The minimum absolute atomic E-state index is 0.137. The maximum Gasteiger partial charge on any atom is 0.223 e. The van der Waals surface area contributed by atoms with E-state index >= 15 is 0 Å². The maximum absolute atomic E-state index is 9.29. The summed E-state index contributed by atoms with van der Waals surface area (Å²) in [4.78, 5) is 12.4. The van der Waals surface area contributed by atoms with Gasteiger partial charge in [0.2, 0.25) is 5.95 Å². The Balaban J connectivity index is 1.84. The molecular formula is C17H20ClN5O. The molecule has 126 valence electrons. The molecule has 24 heavy (non-hydrogen) atoms. The molecule has 4 N–H and O–H groups in total. The van der Waals surface area contributed by atoms with Crippen molar-refractivity contribution in [1.29, 1.82) is 0 Å². The van der Waals surface area contributed by atoms with E-state index in [4.69, 9.17) is 17.3 Å². The number of aliphatic hydroxyl groups excluding tert-OH is 1. The Morgan fingerprint density at radius 2 is 2.21 bits per heavy atom. The zero-order valence-electron chi connectivity index (χ0n) is 13.2. The van der Waals surface area contributed by atoms with Crippen LogP contribution in [0.3, 0.4) is 0 Å². The van der Waals surface area contributed by atoms with Crippen molar-refractivity contribution in [2.75, 3.05) is 17.7 Å². The number of aliphatic hydroxyl groups is 1. The smallest absolute Gasteiger partial charge is 0.223 e. The van der Waals surface area contributed by atoms with E-state index in [1.54, 1.807) is 12.4 Å². The number of nitrogens with zero attached hydrogens (tertiary/aromatic N) is 3. The first-order valence-corrected chi connectivity index (χ1v) is 8.32. The summed E-state index contributed by atoms with van der Waals surface area (Å²) in [5.74, 6) is 1.10. The lowest BCUT2D eigenvalue weighted by Gasteiger charge is -2.16. The van der Waals surface area contributed by atoms with Crippen molar-refractivity contribution in [3.8, 4) is 0 Å². The van der Waals surface area contributed by atoms with Gasteiger partial charge < -0.3 is 16.2 Å². The van der Waals surface area contributed by atoms with E-state index in [2.05, 4.69) is 20.3 Å². The molecule has 0 bridgehead atoms. The van der Waals surface area contributed by atoms with Gasteiger partial charge in [0.15, 0.2) is 0 Å². The molecule has 0 unspecified atom stereocenters. The van der Waals surface area contributed by atoms with Gasteiger partial charge in [0.1, 0.15) is 11.0 Å². The normalized spacial score (nSPS) is 20.6. The van der Waals surface area contributed by atoms with Crippen molar-refractivity contribution in [2.24, 2.45) is 5.92 Å². The number of nitrogens with one attached hydrogen (secondary N) is 1. The van der Waals surface area contributed by atoms with E-state index in [1.807, 2.05) is 24.3 Å². The first-order valence-electron chi connectivity index (χ1n) is 7.94. The Morgan fingerprint density at radius 3 is 2.92 bits per heavy atom. The quantitative estimate of drug-likeness (QED) is 0.721. The maximum atomic E-state index is 9.29. The summed E-state index contributed by atoms with van der Waals surface area (Å²) in [6, 6.07) is 4.07. The molecule has 0 saturated heterocycles. The van der Waals surface area contributed by atoms with Crippen LogP contribution in [0, 0.1) is 5.92 Å². The fourth-order valence-corrected chi connectivity index (χ4v) is 3.17. The Labute approximate surface area is 145 Å². The summed E-state index contributed by atoms with van der Waals surface area (Å²) in [6.07, 6.45) is 10.1. The SMILES string of the molecule is Nc1nc(Cl)c(/C=C/c2cccnc2)c(N[C@H]2CC[C@@H](CO)C2)n1. The molecule has 3 rings (SSSR count). The molecule has 2 aromatic heterocycles. The molecule has 6 nitrogen and oxygen atoms in total. The Morgan fingerprint density at radius 1 is 1.33 bits per heavy atom. The minimum atomic E-state index is 0.137. The van der Waals surface area contributed by atoms with Crippen LogP contribution < -0.4 is 11.1 Å². The number of hydrogen-bond donors (Lipinski definition) is 3. The summed E-state index contributed by atoms with van der Waals surface area (Å²) in [5, 5.41) is 13.0. The van der Waals surface area contributed by atoms with Crippen LogP contribution in [0.4, 0.5) is 11.8 Å². The third-order valence-electron chi connectivity index (χ3n) is 4.18. The minimum Gasteiger partial charge on any atom is -0.396 e. The van der Waals surface area contributed by atoms with E-state index in [9.17, 15) is 5.11 Å². The molecule has 2 aromatic rings. The van der Waals surface area contributed by atoms with Crippen molar-refractivity contribution in [2.45, 2.75) is 25.3 Å². The lowest BCUT2D eigenvalue weighted by molar-refractivity contribution is 0.229. The van der Waals surface area contributed by atoms with Crippen LogP contribution in [0.5, 0.6) is 0 Å². The molecule has 1 fully saturated rings. The van der Waals surface area contributed by atoms with Gasteiger partial charge in [-0.05, 0) is 42.9 Å². The van der Waals surface area contributed by atoms with Gasteiger partial charge in [0.25, 0.3) is 0 Å². The van der Waals surface area contributed by atoms with E-state index in [0.29, 0.717) is 22.5 Å². The van der Waals surface area contributed by atoms with Crippen molar-refractivity contribution in [3.63, 3.8) is 0 Å². The molecule has 1 saturated carbocycles. The number of rotatable bonds is 5. The molecule has 0 aromatic carbocycles. The van der Waals surface area contributed by atoms with Crippen molar-refractivity contribution >= 4 is 35.5 Å². The predicted octanol–water partition coefficient (Wildman–Crippen LogP) is 2.85. The second-order valence-electron chi connectivity index (χ2n) is 5.96. The molecule has 7 heteroatoms. The highest BCUT2D eigenvalue weighted by Gasteiger charge is 2.25. The second-order valence-corrected chi connectivity index (χ2v) is 6.32. The number of hydrogen-bond acceptors (Lipinski definition) is 6. The molecule has 1 aliphatic rings. The predicted molar refractivity (Wildman–Crippen MR) is 96.5 cm³/mol. The van der Waals surface area contributed by atoms with Crippen LogP contribution in [-0.2, 0) is 0 Å². The molecule has 2 atom stereocenters. The zero-order valence-corrected chi connectivity index (χ0v) is 13.9. The first-order chi connectivity index (χ1) is 11.7. The summed E-state index contributed by atoms with van der Waals surface area (Å²) >= 11 is 6.26. The van der Waals surface area contributed by atoms with Gasteiger partial charge in [-0.3, -0.25) is 4.98 Å². The Kier molecular flexibility index (Phi) is 5.27. The topological polar surface area (TPSA) is 97.0 Å². The number of aromatic nitrogens is 3. The lowest BCUT2D eigenvalue weighted by atomic mass is 10.1. The van der Waals surface area contributed by atoms with Crippen LogP contribution in [-0.4, -0.2) is 32.7 Å². The number of anilines is 2. The van der Waals surface area contributed by atoms with E-state index in [1.165, 1.54) is 0 Å². The van der Waals surface area contributed by atoms with Gasteiger partial charge in [0, 0.05) is 25.0 Å². The van der Waals surface area contributed by atoms with E-state index < -0.39 is 0 Å². The van der Waals surface area contributed by atoms with Crippen LogP contribution in [0.15, 0.2) is 24.5 Å². The van der Waals surface area contributed by atoms with Gasteiger partial charge >= 0.3 is 0 Å². The summed E-state index contributed by atoms with van der Waals surface area (Å²) in [7, 11) is 0. The van der Waals surface area contributed by atoms with Crippen molar-refractivity contribution in [1.82, 2.24) is 15.0 Å². The summed E-state index contributed by atoms with van der Waals surface area (Å²) < 4.78 is 0. The highest BCUT2D eigenvalue weighted by molar-refractivity contribution is 6.31. The monoisotopic (exact) mass is 345 g/mol. The van der Waals surface area contributed by atoms with Crippen molar-refractivity contribution in [3.05, 3.63) is 40.8 Å². The summed E-state index contributed by atoms with van der Waals surface area (Å²) in [5.41, 5.74) is 7.40. The van der Waals surface area contributed by atoms with Crippen LogP contribution in [0.1, 0.15) is 30.4 Å². The molecular weight excluding hydrogens is 326 g/mol. The standard InChI is InChI=1S/C17H20ClN5O/c18-15-14(6-4-11-2-1-7-20-9-11)16(23-17(19)22-15)21-13-5-3-12(8-13)10-24/h1-2,4,6-7,9,12-13,24H,3,5,8,10H2,(H3,19,21,22,23)/b6-4+/t12-,13+/m1/s1. The summed E-state index contributed by atoms with van der Waals surface area (Å²) in [6.45, 7) is 0.221. The highest BCUT2D eigenvalue weighted by atomic mass is 35.5. The lowest BCUT2D eigenvalue weighted by Crippen LogP contribution is -2.18. The average Bonchev–Trinajstić information content (AvgIpc) is 3.02. The number of nitrogen functional groups attached to an aromatic ring is 1. The van der Waals surface area contributed by atoms with Gasteiger partial charge in [-0.25, -0.2) is 4.98 Å². The van der Waals surface area contributed by atoms with E-state index in [0.717, 1.165) is 24.8 Å². The fraction of sp³-hybridized carbons (Fsp3) is 0.353. The number of nitrogens with two attached hydrogens (primary N) is 1. The second kappa shape index (κ2) is 7.59. The van der Waals surface area contributed by atoms with Crippen LogP contribution in [0.25, 0.3) is 12.2 Å². The average molecular weight is 346 g/mol. The van der Waals surface area contributed by atoms with Gasteiger partial charge in [0.05, 0.1) is 5.56 Å². The Hall–Kier alpha value is -2.18. The molecule has 0 spiro atoms. The van der Waals surface area contributed by atoms with Crippen molar-refractivity contribution < 1.29 is 5.11 Å². The molecule has 2 heterocycles. The largest absolute Gasteiger partial charge is 0.396 e. The van der Waals surface area contributed by atoms with Crippen LogP contribution in [0.2, 0.25) is 5.15 Å². The van der Waals surface area contributed by atoms with Crippen LogP contribution >= 0.6 is 11.6 Å². The molecule has 0 aliphatic heterocycles. The fourth-order valence-electron chi connectivity index (χ4n) is 2.94.